The Bertz CT molecular complexity index is 479. The third kappa shape index (κ3) is 2.02. The number of hydrogen-bond acceptors (Lipinski definition) is 2. The van der Waals surface area contributed by atoms with Crippen molar-refractivity contribution in [2.24, 2.45) is 0 Å². The molecule has 0 bridgehead atoms. The summed E-state index contributed by atoms with van der Waals surface area (Å²) >= 11 is 0. The molecule has 0 unspecified atom stereocenters. The Morgan fingerprint density at radius 3 is 2.65 bits per heavy atom. The fourth-order valence-electron chi connectivity index (χ4n) is 2.21. The van der Waals surface area contributed by atoms with Crippen LogP contribution in [0.4, 0.5) is 0 Å². The molecule has 90 valence electrons. The van der Waals surface area contributed by atoms with Crippen molar-refractivity contribution in [3.63, 3.8) is 0 Å². The summed E-state index contributed by atoms with van der Waals surface area (Å²) in [4.78, 5) is 24.6. The molecule has 0 aromatic heterocycles. The standard InChI is InChI=1S/C13H15NO3/c1-13(2,7-11(15)16)14-8-9-5-3-4-6-10(9)12(14)17/h3-6H,7-8H2,1-2H3,(H,15,16). The maximum atomic E-state index is 12.2. The predicted octanol–water partition coefficient (Wildman–Crippen LogP) is 1.90. The van der Waals surface area contributed by atoms with E-state index in [1.54, 1.807) is 24.8 Å². The van der Waals surface area contributed by atoms with Crippen molar-refractivity contribution < 1.29 is 14.7 Å². The molecule has 1 N–H and O–H groups in total. The van der Waals surface area contributed by atoms with Crippen LogP contribution in [0.3, 0.4) is 0 Å². The Labute approximate surface area is 99.9 Å². The number of aliphatic carboxylic acids is 1. The maximum Gasteiger partial charge on any atom is 0.305 e. The van der Waals surface area contributed by atoms with E-state index in [4.69, 9.17) is 5.11 Å². The highest BCUT2D eigenvalue weighted by atomic mass is 16.4. The van der Waals surface area contributed by atoms with Gasteiger partial charge >= 0.3 is 5.97 Å². The summed E-state index contributed by atoms with van der Waals surface area (Å²) in [7, 11) is 0. The van der Waals surface area contributed by atoms with E-state index in [-0.39, 0.29) is 12.3 Å². The number of rotatable bonds is 3. The molecule has 1 heterocycles. The summed E-state index contributed by atoms with van der Waals surface area (Å²) in [5.41, 5.74) is 0.990. The van der Waals surface area contributed by atoms with Crippen molar-refractivity contribution >= 4 is 11.9 Å². The molecule has 1 aliphatic rings. The SMILES string of the molecule is CC(C)(CC(=O)O)N1Cc2ccccc2C1=O. The van der Waals surface area contributed by atoms with Crippen molar-refractivity contribution in [3.8, 4) is 0 Å². The number of fused-ring (bicyclic) bond motifs is 1. The highest BCUT2D eigenvalue weighted by Gasteiger charge is 2.38. The predicted molar refractivity (Wildman–Crippen MR) is 62.6 cm³/mol. The average molecular weight is 233 g/mol. The smallest absolute Gasteiger partial charge is 0.305 e. The quantitative estimate of drug-likeness (QED) is 0.867. The number of amides is 1. The minimum atomic E-state index is -0.890. The number of carboxylic acid groups (broad SMARTS) is 1. The fraction of sp³-hybridized carbons (Fsp3) is 0.385. The zero-order valence-electron chi connectivity index (χ0n) is 9.93. The third-order valence-electron chi connectivity index (χ3n) is 3.14. The largest absolute Gasteiger partial charge is 0.481 e. The van der Waals surface area contributed by atoms with Gasteiger partial charge in [-0.2, -0.15) is 0 Å². The Hall–Kier alpha value is -1.84. The van der Waals surface area contributed by atoms with Crippen molar-refractivity contribution in [1.29, 1.82) is 0 Å². The molecule has 17 heavy (non-hydrogen) atoms. The van der Waals surface area contributed by atoms with Crippen LogP contribution in [0.2, 0.25) is 0 Å². The van der Waals surface area contributed by atoms with Gasteiger partial charge in [-0.05, 0) is 25.5 Å². The molecule has 0 atom stereocenters. The van der Waals surface area contributed by atoms with Gasteiger partial charge in [0.1, 0.15) is 0 Å². The summed E-state index contributed by atoms with van der Waals surface area (Å²) in [5, 5.41) is 8.87. The first-order valence-electron chi connectivity index (χ1n) is 5.53. The molecule has 1 aliphatic heterocycles. The molecule has 1 aromatic carbocycles. The summed E-state index contributed by atoms with van der Waals surface area (Å²) in [6, 6.07) is 7.41. The Morgan fingerprint density at radius 2 is 2.06 bits per heavy atom. The third-order valence-corrected chi connectivity index (χ3v) is 3.14. The van der Waals surface area contributed by atoms with Gasteiger partial charge in [-0.25, -0.2) is 0 Å². The molecule has 0 aliphatic carbocycles. The zero-order chi connectivity index (χ0) is 12.6. The lowest BCUT2D eigenvalue weighted by molar-refractivity contribution is -0.139. The van der Waals surface area contributed by atoms with Gasteiger partial charge in [0.15, 0.2) is 0 Å². The number of hydrogen-bond donors (Lipinski definition) is 1. The molecule has 0 spiro atoms. The Kier molecular flexibility index (Phi) is 2.65. The molecule has 0 saturated heterocycles. The summed E-state index contributed by atoms with van der Waals surface area (Å²) in [5.74, 6) is -0.967. The number of carbonyl (C=O) groups excluding carboxylic acids is 1. The molecule has 4 heteroatoms. The van der Waals surface area contributed by atoms with Crippen LogP contribution in [0.5, 0.6) is 0 Å². The highest BCUT2D eigenvalue weighted by molar-refractivity contribution is 5.99. The second-order valence-electron chi connectivity index (χ2n) is 4.93. The van der Waals surface area contributed by atoms with Crippen LogP contribution in [-0.2, 0) is 11.3 Å². The van der Waals surface area contributed by atoms with Gasteiger partial charge < -0.3 is 10.0 Å². The molecule has 0 radical (unpaired) electrons. The molecule has 1 amide bonds. The van der Waals surface area contributed by atoms with Gasteiger partial charge in [0.25, 0.3) is 5.91 Å². The monoisotopic (exact) mass is 233 g/mol. The Balaban J connectivity index is 2.28. The maximum absolute atomic E-state index is 12.2. The van der Waals surface area contributed by atoms with E-state index in [0.717, 1.165) is 5.56 Å². The molecule has 2 rings (SSSR count). The van der Waals surface area contributed by atoms with E-state index in [2.05, 4.69) is 0 Å². The van der Waals surface area contributed by atoms with Crippen LogP contribution < -0.4 is 0 Å². The van der Waals surface area contributed by atoms with E-state index in [0.29, 0.717) is 12.1 Å². The number of carboxylic acids is 1. The van der Waals surface area contributed by atoms with E-state index in [1.165, 1.54) is 0 Å². The molecule has 4 nitrogen and oxygen atoms in total. The number of nitrogens with zero attached hydrogens (tertiary/aromatic N) is 1. The summed E-state index contributed by atoms with van der Waals surface area (Å²) < 4.78 is 0. The Morgan fingerprint density at radius 1 is 1.41 bits per heavy atom. The summed E-state index contributed by atoms with van der Waals surface area (Å²) in [6.45, 7) is 4.06. The van der Waals surface area contributed by atoms with E-state index < -0.39 is 11.5 Å². The lowest BCUT2D eigenvalue weighted by atomic mass is 9.98. The normalized spacial score (nSPS) is 14.9. The van der Waals surface area contributed by atoms with Crippen LogP contribution in [0.25, 0.3) is 0 Å². The topological polar surface area (TPSA) is 57.6 Å². The van der Waals surface area contributed by atoms with Crippen molar-refractivity contribution in [2.75, 3.05) is 0 Å². The van der Waals surface area contributed by atoms with Crippen molar-refractivity contribution in [3.05, 3.63) is 35.4 Å². The average Bonchev–Trinajstić information content (AvgIpc) is 2.56. The molecular formula is C13H15NO3. The van der Waals surface area contributed by atoms with E-state index in [9.17, 15) is 9.59 Å². The van der Waals surface area contributed by atoms with Crippen molar-refractivity contribution in [1.82, 2.24) is 4.90 Å². The lowest BCUT2D eigenvalue weighted by Gasteiger charge is -2.34. The van der Waals surface area contributed by atoms with Crippen LogP contribution in [0.15, 0.2) is 24.3 Å². The van der Waals surface area contributed by atoms with E-state index in [1.807, 2.05) is 18.2 Å². The van der Waals surface area contributed by atoms with Gasteiger partial charge in [-0.1, -0.05) is 18.2 Å². The summed E-state index contributed by atoms with van der Waals surface area (Å²) in [6.07, 6.45) is -0.0489. The van der Waals surface area contributed by atoms with Gasteiger partial charge in [0.05, 0.1) is 6.42 Å². The molecule has 0 saturated carbocycles. The minimum Gasteiger partial charge on any atom is -0.481 e. The van der Waals surface area contributed by atoms with E-state index >= 15 is 0 Å². The van der Waals surface area contributed by atoms with Crippen molar-refractivity contribution in [2.45, 2.75) is 32.4 Å². The van der Waals surface area contributed by atoms with Gasteiger partial charge in [0, 0.05) is 17.6 Å². The lowest BCUT2D eigenvalue weighted by Crippen LogP contribution is -2.45. The molecular weight excluding hydrogens is 218 g/mol. The minimum absolute atomic E-state index is 0.0489. The first-order chi connectivity index (χ1) is 7.92. The second kappa shape index (κ2) is 3.87. The van der Waals surface area contributed by atoms with Crippen LogP contribution >= 0.6 is 0 Å². The molecule has 1 aromatic rings. The van der Waals surface area contributed by atoms with Crippen LogP contribution in [0, 0.1) is 0 Å². The second-order valence-corrected chi connectivity index (χ2v) is 4.93. The number of benzene rings is 1. The van der Waals surface area contributed by atoms with Crippen LogP contribution in [-0.4, -0.2) is 27.4 Å². The first kappa shape index (κ1) is 11.6. The van der Waals surface area contributed by atoms with Crippen LogP contribution in [0.1, 0.15) is 36.2 Å². The van der Waals surface area contributed by atoms with Gasteiger partial charge in [-0.3, -0.25) is 9.59 Å². The fourth-order valence-corrected chi connectivity index (χ4v) is 2.21. The van der Waals surface area contributed by atoms with Gasteiger partial charge in [-0.15, -0.1) is 0 Å². The first-order valence-corrected chi connectivity index (χ1v) is 5.53. The zero-order valence-corrected chi connectivity index (χ0v) is 9.93. The number of carbonyl (C=O) groups is 2. The molecule has 0 fully saturated rings. The van der Waals surface area contributed by atoms with Gasteiger partial charge in [0.2, 0.25) is 0 Å². The highest BCUT2D eigenvalue weighted by Crippen LogP contribution is 2.30.